The highest BCUT2D eigenvalue weighted by Gasteiger charge is 2.51. The van der Waals surface area contributed by atoms with Crippen molar-refractivity contribution in [1.82, 2.24) is 30.1 Å². The predicted molar refractivity (Wildman–Crippen MR) is 262 cm³/mol. The normalized spacial score (nSPS) is 23.8. The van der Waals surface area contributed by atoms with E-state index in [1.165, 1.54) is 36.5 Å². The molecule has 18 heteroatoms. The summed E-state index contributed by atoms with van der Waals surface area (Å²) < 4.78 is 69.2. The Hall–Kier alpha value is -5.85. The minimum Gasteiger partial charge on any atom is -0.508 e. The van der Waals surface area contributed by atoms with Crippen molar-refractivity contribution in [2.45, 2.75) is 102 Å². The molecule has 4 saturated heterocycles. The lowest BCUT2D eigenvalue weighted by Crippen LogP contribution is -2.59. The Bertz CT molecular complexity index is 2890. The van der Waals surface area contributed by atoms with E-state index in [0.29, 0.717) is 90.2 Å². The zero-order chi connectivity index (χ0) is 49.4. The van der Waals surface area contributed by atoms with Crippen LogP contribution in [0.3, 0.4) is 0 Å². The molecule has 0 bridgehead atoms. The fraction of sp³-hybridized carbons (Fsp3) is 0.528. The van der Waals surface area contributed by atoms with Crippen molar-refractivity contribution in [2.24, 2.45) is 10.8 Å². The molecule has 11 rings (SSSR count). The van der Waals surface area contributed by atoms with Gasteiger partial charge in [0.05, 0.1) is 17.6 Å². The molecule has 14 nitrogen and oxygen atoms in total. The van der Waals surface area contributed by atoms with E-state index >= 15 is 17.6 Å². The minimum atomic E-state index is -0.978. The summed E-state index contributed by atoms with van der Waals surface area (Å²) in [7, 11) is 0. The first-order chi connectivity index (χ1) is 34.1. The smallest absolute Gasteiger partial charge is 0.319 e. The molecular weight excluding hydrogens is 919 g/mol. The van der Waals surface area contributed by atoms with Crippen LogP contribution in [0.15, 0.2) is 42.6 Å². The fourth-order valence-electron chi connectivity index (χ4n) is 12.2. The number of aromatic hydroxyl groups is 1. The Morgan fingerprint density at radius 1 is 0.887 bits per heavy atom. The van der Waals surface area contributed by atoms with Crippen LogP contribution in [0.5, 0.6) is 11.8 Å². The third-order valence-electron chi connectivity index (χ3n) is 16.4. The number of β-amino-alcohol motifs (C(OH)–C–C–N with tert-alkyl or cyclic N) is 1. The van der Waals surface area contributed by atoms with Crippen molar-refractivity contribution >= 4 is 50.7 Å². The van der Waals surface area contributed by atoms with Crippen LogP contribution in [0.1, 0.15) is 83.6 Å². The Morgan fingerprint density at radius 2 is 1.63 bits per heavy atom. The highest BCUT2D eigenvalue weighted by Crippen LogP contribution is 2.53. The zero-order valence-corrected chi connectivity index (χ0v) is 40.3. The number of phenolic OH excluding ortho intramolecular Hbond substituents is 1. The van der Waals surface area contributed by atoms with Crippen molar-refractivity contribution in [3.8, 4) is 23.0 Å². The van der Waals surface area contributed by atoms with Crippen molar-refractivity contribution in [2.75, 3.05) is 80.6 Å². The number of phenols is 1. The average Bonchev–Trinajstić information content (AvgIpc) is 4.11. The Morgan fingerprint density at radius 3 is 2.32 bits per heavy atom. The van der Waals surface area contributed by atoms with E-state index in [1.54, 1.807) is 13.0 Å². The lowest BCUT2D eigenvalue weighted by Gasteiger charge is -2.56. The maximum absolute atomic E-state index is 17.1. The van der Waals surface area contributed by atoms with E-state index < -0.39 is 46.7 Å². The molecule has 6 heterocycles. The number of piperidine rings is 3. The summed E-state index contributed by atoms with van der Waals surface area (Å²) >= 11 is 0. The molecular formula is C53H61F4N9O5. The highest BCUT2D eigenvalue weighted by molar-refractivity contribution is 6.02. The molecule has 0 radical (unpaired) electrons. The maximum Gasteiger partial charge on any atom is 0.319 e. The number of imide groups is 1. The molecule has 6 fully saturated rings. The predicted octanol–water partition coefficient (Wildman–Crippen LogP) is 7.46. The van der Waals surface area contributed by atoms with E-state index in [-0.39, 0.29) is 59.0 Å². The van der Waals surface area contributed by atoms with Crippen LogP contribution >= 0.6 is 0 Å². The van der Waals surface area contributed by atoms with Crippen molar-refractivity contribution in [3.63, 3.8) is 0 Å². The number of fused-ring (bicyclic) bond motifs is 2. The number of rotatable bonds is 12. The number of aryl methyl sites for hydroxylation is 1. The first-order valence-electron chi connectivity index (χ1n) is 25.3. The van der Waals surface area contributed by atoms with Crippen molar-refractivity contribution in [1.29, 1.82) is 0 Å². The summed E-state index contributed by atoms with van der Waals surface area (Å²) in [5, 5.41) is 28.1. The summed E-state index contributed by atoms with van der Waals surface area (Å²) in [5.41, 5.74) is -0.0551. The largest absolute Gasteiger partial charge is 0.508 e. The summed E-state index contributed by atoms with van der Waals surface area (Å²) in [4.78, 5) is 46.8. The Kier molecular flexibility index (Phi) is 12.3. The lowest BCUT2D eigenvalue weighted by molar-refractivity contribution is -0.133. The number of pyridine rings is 1. The molecule has 3 aromatic carbocycles. The molecule has 2 aromatic heterocycles. The molecule has 5 aromatic rings. The zero-order valence-electron chi connectivity index (χ0n) is 40.3. The third kappa shape index (κ3) is 9.31. The number of anilines is 3. The van der Waals surface area contributed by atoms with Gasteiger partial charge in [-0.15, -0.1) is 0 Å². The molecule has 2 saturated carbocycles. The van der Waals surface area contributed by atoms with Crippen LogP contribution in [-0.4, -0.2) is 130 Å². The molecule has 2 amide bonds. The van der Waals surface area contributed by atoms with Gasteiger partial charge in [0.15, 0.2) is 17.5 Å². The van der Waals surface area contributed by atoms with E-state index in [0.717, 1.165) is 71.2 Å². The van der Waals surface area contributed by atoms with E-state index in [4.69, 9.17) is 9.72 Å². The number of carbonyl (C=O) groups excluding carboxylic acids is 2. The van der Waals surface area contributed by atoms with Gasteiger partial charge in [-0.25, -0.2) is 17.6 Å². The number of piperazine rings is 1. The summed E-state index contributed by atoms with van der Waals surface area (Å²) in [5.74, 6) is -3.35. The van der Waals surface area contributed by atoms with E-state index in [2.05, 4.69) is 30.4 Å². The highest BCUT2D eigenvalue weighted by atomic mass is 19.1. The molecule has 2 aliphatic carbocycles. The van der Waals surface area contributed by atoms with E-state index in [9.17, 15) is 19.8 Å². The van der Waals surface area contributed by atoms with Crippen molar-refractivity contribution in [3.05, 3.63) is 71.4 Å². The van der Waals surface area contributed by atoms with E-state index in [1.807, 2.05) is 16.7 Å². The van der Waals surface area contributed by atoms with Gasteiger partial charge in [-0.3, -0.25) is 24.8 Å². The van der Waals surface area contributed by atoms with Crippen LogP contribution in [0.25, 0.3) is 32.9 Å². The molecule has 71 heavy (non-hydrogen) atoms. The number of nitrogens with zero attached hydrogens (tertiary/aromatic N) is 7. The molecule has 2 atom stereocenters. The van der Waals surface area contributed by atoms with Gasteiger partial charge in [-0.05, 0) is 136 Å². The number of aliphatic hydroxyl groups is 1. The van der Waals surface area contributed by atoms with Gasteiger partial charge in [0.1, 0.15) is 40.3 Å². The molecule has 376 valence electrons. The van der Waals surface area contributed by atoms with Crippen LogP contribution in [0.2, 0.25) is 0 Å². The summed E-state index contributed by atoms with van der Waals surface area (Å²) in [6.45, 7) is 10.6. The Labute approximate surface area is 409 Å². The summed E-state index contributed by atoms with van der Waals surface area (Å²) in [6, 6.07) is 8.14. The second kappa shape index (κ2) is 18.3. The lowest BCUT2D eigenvalue weighted by atomic mass is 9.60. The number of halogens is 4. The first-order valence-corrected chi connectivity index (χ1v) is 25.3. The number of likely N-dealkylation sites (tertiary alicyclic amines) is 1. The van der Waals surface area contributed by atoms with Gasteiger partial charge in [-0.2, -0.15) is 9.97 Å². The molecule has 4 aliphatic heterocycles. The summed E-state index contributed by atoms with van der Waals surface area (Å²) in [6.07, 6.45) is 9.97. The van der Waals surface area contributed by atoms with Crippen LogP contribution in [0.4, 0.5) is 34.8 Å². The monoisotopic (exact) mass is 979 g/mol. The standard InChI is InChI=1S/C53H61F4N9O5/c1-3-35-38(54)6-5-31-21-34(67)24-36(43(31)35)45-44(57)46-37(27-58-45)48(66-14-4-9-51(2,70)28-66)62-50(61-46)71-30-53(10-11-53)29-63-15-12-52(13-16-63)25-33(26-52)65-19-17-64(18-20-65)32-22-39(55)47(40(56)23-32)59-41-7-8-42(68)60-49(41)69/h5-6,21-24,27,33,41,59,67,70H,3-4,7-20,25-26,28-30H2,1-2H3,(H,60,68,69)/t41?,51-/m1/s1. The number of nitrogens with one attached hydrogen (secondary N) is 2. The SMILES string of the molecule is CCc1c(F)ccc2cc(O)cc(-c3ncc4c(N5CCC[C@@](C)(O)C5)nc(OCC5(CN6CCC7(CC6)CC(N6CCN(c8cc(F)c(NC9CCC(=O)NC9=O)c(F)c8)CC6)C7)CC5)nc4c3F)c12. The van der Waals surface area contributed by atoms with Gasteiger partial charge in [0.25, 0.3) is 0 Å². The second-order valence-corrected chi connectivity index (χ2v) is 21.6. The number of carbonyl (C=O) groups is 2. The first kappa shape index (κ1) is 47.5. The number of benzene rings is 3. The minimum absolute atomic E-state index is 0.00308. The van der Waals surface area contributed by atoms with Crippen LogP contribution < -0.4 is 25.2 Å². The molecule has 1 unspecified atom stereocenters. The molecule has 4 N–H and O–H groups in total. The third-order valence-corrected chi connectivity index (χ3v) is 16.4. The maximum atomic E-state index is 17.1. The molecule has 1 spiro atoms. The number of amides is 2. The average molecular weight is 980 g/mol. The van der Waals surface area contributed by atoms with Gasteiger partial charge in [-0.1, -0.05) is 13.0 Å². The van der Waals surface area contributed by atoms with Gasteiger partial charge >= 0.3 is 6.01 Å². The van der Waals surface area contributed by atoms with Gasteiger partial charge in [0.2, 0.25) is 11.8 Å². The second-order valence-electron chi connectivity index (χ2n) is 21.6. The number of aromatic nitrogens is 3. The van der Waals surface area contributed by atoms with Crippen LogP contribution in [-0.2, 0) is 16.0 Å². The number of hydrogen-bond donors (Lipinski definition) is 4. The number of hydrogen-bond acceptors (Lipinski definition) is 13. The van der Waals surface area contributed by atoms with Crippen LogP contribution in [0, 0.1) is 34.1 Å². The Balaban J connectivity index is 0.721. The fourth-order valence-corrected chi connectivity index (χ4v) is 12.2. The van der Waals surface area contributed by atoms with Gasteiger partial charge < -0.3 is 35.0 Å². The van der Waals surface area contributed by atoms with Crippen molar-refractivity contribution < 1.29 is 42.1 Å². The topological polar surface area (TPSA) is 160 Å². The molecule has 6 aliphatic rings. The van der Waals surface area contributed by atoms with Gasteiger partial charge in [0, 0.05) is 81.1 Å². The quantitative estimate of drug-likeness (QED) is 0.0722. The number of ether oxygens (including phenoxy) is 1.